The van der Waals surface area contributed by atoms with Crippen LogP contribution in [0.25, 0.3) is 22.6 Å². The molecule has 0 radical (unpaired) electrons. The molecule has 3 fully saturated rings. The highest BCUT2D eigenvalue weighted by molar-refractivity contribution is 7.90. The topological polar surface area (TPSA) is 153 Å². The van der Waals surface area contributed by atoms with Crippen LogP contribution in [-0.2, 0) is 10.0 Å². The summed E-state index contributed by atoms with van der Waals surface area (Å²) in [6.07, 6.45) is 11.7. The number of hydrogen-bond donors (Lipinski definition) is 3. The molecule has 3 aliphatic carbocycles. The Hall–Kier alpha value is -3.98. The maximum absolute atomic E-state index is 13.2. The number of alkyl halides is 2. The van der Waals surface area contributed by atoms with Gasteiger partial charge in [-0.25, -0.2) is 28.1 Å². The van der Waals surface area contributed by atoms with Crippen LogP contribution in [0, 0.1) is 5.41 Å². The molecule has 1 spiro atoms. The number of anilines is 3. The molecule has 41 heavy (non-hydrogen) atoms. The van der Waals surface area contributed by atoms with E-state index >= 15 is 0 Å². The predicted molar refractivity (Wildman–Crippen MR) is 145 cm³/mol. The fourth-order valence-corrected chi connectivity index (χ4v) is 7.27. The van der Waals surface area contributed by atoms with E-state index in [-0.39, 0.29) is 17.6 Å². The van der Waals surface area contributed by atoms with Crippen LogP contribution in [0.3, 0.4) is 0 Å². The number of nitrogens with zero attached hydrogens (tertiary/aromatic N) is 7. The quantitative estimate of drug-likeness (QED) is 0.265. The van der Waals surface area contributed by atoms with E-state index in [1.165, 1.54) is 24.7 Å². The minimum atomic E-state index is -3.51. The van der Waals surface area contributed by atoms with Gasteiger partial charge in [0, 0.05) is 41.9 Å². The van der Waals surface area contributed by atoms with Crippen LogP contribution >= 0.6 is 0 Å². The van der Waals surface area contributed by atoms with Gasteiger partial charge in [-0.2, -0.15) is 23.1 Å². The first-order chi connectivity index (χ1) is 19.7. The van der Waals surface area contributed by atoms with Crippen LogP contribution in [0.4, 0.5) is 26.1 Å². The fraction of sp³-hybridized carbons (Fsp3) is 0.423. The zero-order valence-electron chi connectivity index (χ0n) is 21.7. The summed E-state index contributed by atoms with van der Waals surface area (Å²) in [6.45, 7) is -2.75. The second-order valence-electron chi connectivity index (χ2n) is 11.1. The van der Waals surface area contributed by atoms with E-state index in [1.807, 2.05) is 0 Å². The summed E-state index contributed by atoms with van der Waals surface area (Å²) in [6, 6.07) is 5.12. The van der Waals surface area contributed by atoms with Crippen molar-refractivity contribution in [3.05, 3.63) is 49.2 Å². The molecule has 0 unspecified atom stereocenters. The third kappa shape index (κ3) is 4.92. The molecule has 3 aliphatic rings. The Balaban J connectivity index is 1.13. The first kappa shape index (κ1) is 26.0. The van der Waals surface area contributed by atoms with E-state index in [4.69, 9.17) is 0 Å². The van der Waals surface area contributed by atoms with Crippen LogP contribution < -0.4 is 10.6 Å². The molecule has 0 aliphatic heterocycles. The lowest BCUT2D eigenvalue weighted by atomic mass is 9.53. The summed E-state index contributed by atoms with van der Waals surface area (Å²) >= 11 is 0. The van der Waals surface area contributed by atoms with Gasteiger partial charge in [0.1, 0.15) is 11.6 Å². The number of aliphatic hydroxyl groups excluding tert-OH is 1. The highest BCUT2D eigenvalue weighted by Crippen LogP contribution is 2.56. The first-order valence-electron chi connectivity index (χ1n) is 13.4. The second kappa shape index (κ2) is 9.55. The Morgan fingerprint density at radius 1 is 1.07 bits per heavy atom. The molecule has 0 saturated heterocycles. The summed E-state index contributed by atoms with van der Waals surface area (Å²) in [5.41, 5.74) is 2.27. The summed E-state index contributed by atoms with van der Waals surface area (Å²) in [5, 5.41) is 24.0. The Morgan fingerprint density at radius 3 is 2.59 bits per heavy atom. The fourth-order valence-electron chi connectivity index (χ4n) is 5.80. The van der Waals surface area contributed by atoms with Gasteiger partial charge in [0.2, 0.25) is 0 Å². The third-order valence-corrected chi connectivity index (χ3v) is 10.0. The van der Waals surface area contributed by atoms with Gasteiger partial charge in [-0.1, -0.05) is 0 Å². The molecule has 3 saturated carbocycles. The molecule has 7 rings (SSSR count). The average molecular weight is 584 g/mol. The molecule has 15 heteroatoms. The van der Waals surface area contributed by atoms with E-state index in [9.17, 15) is 22.3 Å². The van der Waals surface area contributed by atoms with E-state index in [0.717, 1.165) is 29.8 Å². The summed E-state index contributed by atoms with van der Waals surface area (Å²) < 4.78 is 52.9. The molecular formula is C26H27F2N9O3S. The molecular weight excluding hydrogens is 556 g/mol. The molecule has 214 valence electrons. The number of pyridine rings is 1. The lowest BCUT2D eigenvalue weighted by molar-refractivity contribution is -0.0867. The summed E-state index contributed by atoms with van der Waals surface area (Å²) in [7, 11) is -3.51. The highest BCUT2D eigenvalue weighted by atomic mass is 32.2. The van der Waals surface area contributed by atoms with Crippen LogP contribution in [-0.4, -0.2) is 64.8 Å². The van der Waals surface area contributed by atoms with Crippen molar-refractivity contribution in [2.75, 3.05) is 10.6 Å². The Morgan fingerprint density at radius 2 is 1.88 bits per heavy atom. The van der Waals surface area contributed by atoms with Crippen molar-refractivity contribution < 1.29 is 22.3 Å². The number of aromatic nitrogens is 7. The maximum Gasteiger partial charge on any atom is 0.333 e. The van der Waals surface area contributed by atoms with Crippen LogP contribution in [0.1, 0.15) is 45.1 Å². The van der Waals surface area contributed by atoms with Crippen LogP contribution in [0.2, 0.25) is 0 Å². The molecule has 0 amide bonds. The SMILES string of the molecule is O=S(=O)(C1CC1)n1cc(-c2nccc(Nc3cc(NC4CC5(CC(O)C5)C4)c(-c4ccn(C(F)F)n4)cn3)n2)cn1. The average Bonchev–Trinajstić information content (AvgIpc) is 3.44. The second-order valence-corrected chi connectivity index (χ2v) is 13.2. The zero-order chi connectivity index (χ0) is 28.4. The van der Waals surface area contributed by atoms with Gasteiger partial charge >= 0.3 is 6.55 Å². The maximum atomic E-state index is 13.2. The lowest BCUT2D eigenvalue weighted by Gasteiger charge is -2.56. The third-order valence-electron chi connectivity index (χ3n) is 7.98. The molecule has 3 N–H and O–H groups in total. The molecule has 4 aromatic heterocycles. The standard InChI is InChI=1S/C26H27F2N9O3S/c27-25(28)36-6-4-20(35-36)19-13-30-23(7-21(19)32-16-8-26(9-16)10-17(38)11-26)33-22-3-5-29-24(34-22)15-12-31-37(14-15)41(39,40)18-1-2-18/h3-7,12-14,16-18,25,38H,1-2,8-11H2,(H2,29,30,32,33,34). The van der Waals surface area contributed by atoms with E-state index in [1.54, 1.807) is 24.5 Å². The van der Waals surface area contributed by atoms with Gasteiger partial charge in [-0.3, -0.25) is 0 Å². The summed E-state index contributed by atoms with van der Waals surface area (Å²) in [5.74, 6) is 1.17. The Kier molecular flexibility index (Phi) is 6.04. The van der Waals surface area contributed by atoms with Crippen molar-refractivity contribution in [3.63, 3.8) is 0 Å². The minimum absolute atomic E-state index is 0.169. The van der Waals surface area contributed by atoms with Gasteiger partial charge in [0.15, 0.2) is 5.82 Å². The summed E-state index contributed by atoms with van der Waals surface area (Å²) in [4.78, 5) is 13.2. The van der Waals surface area contributed by atoms with Crippen molar-refractivity contribution in [2.45, 2.75) is 62.5 Å². The molecule has 0 bridgehead atoms. The molecule has 0 atom stereocenters. The largest absolute Gasteiger partial charge is 0.393 e. The first-order valence-corrected chi connectivity index (χ1v) is 14.9. The number of nitrogens with one attached hydrogen (secondary N) is 2. The molecule has 0 aromatic carbocycles. The minimum Gasteiger partial charge on any atom is -0.393 e. The van der Waals surface area contributed by atoms with Gasteiger partial charge in [-0.15, -0.1) is 0 Å². The normalized spacial score (nSPS) is 23.8. The van der Waals surface area contributed by atoms with Crippen molar-refractivity contribution >= 4 is 27.3 Å². The van der Waals surface area contributed by atoms with Crippen molar-refractivity contribution in [3.8, 4) is 22.6 Å². The monoisotopic (exact) mass is 583 g/mol. The molecule has 12 nitrogen and oxygen atoms in total. The lowest BCUT2D eigenvalue weighted by Crippen LogP contribution is -2.54. The van der Waals surface area contributed by atoms with E-state index in [0.29, 0.717) is 57.5 Å². The zero-order valence-corrected chi connectivity index (χ0v) is 22.5. The van der Waals surface area contributed by atoms with Crippen molar-refractivity contribution in [1.82, 2.24) is 33.9 Å². The Labute approximate surface area is 233 Å². The number of rotatable bonds is 9. The smallest absolute Gasteiger partial charge is 0.333 e. The highest BCUT2D eigenvalue weighted by Gasteiger charge is 2.52. The Bertz CT molecular complexity index is 1710. The van der Waals surface area contributed by atoms with Crippen molar-refractivity contribution in [2.24, 2.45) is 5.41 Å². The van der Waals surface area contributed by atoms with Crippen molar-refractivity contribution in [1.29, 1.82) is 0 Å². The number of hydrogen-bond acceptors (Lipinski definition) is 10. The van der Waals surface area contributed by atoms with Crippen LogP contribution in [0.15, 0.2) is 49.2 Å². The van der Waals surface area contributed by atoms with Crippen LogP contribution in [0.5, 0.6) is 0 Å². The number of aliphatic hydroxyl groups is 1. The predicted octanol–water partition coefficient (Wildman–Crippen LogP) is 3.79. The van der Waals surface area contributed by atoms with Gasteiger partial charge < -0.3 is 15.7 Å². The van der Waals surface area contributed by atoms with E-state index in [2.05, 4.69) is 35.8 Å². The molecule has 4 aromatic rings. The van der Waals surface area contributed by atoms with Gasteiger partial charge in [0.25, 0.3) is 10.0 Å². The van der Waals surface area contributed by atoms with E-state index < -0.39 is 21.8 Å². The van der Waals surface area contributed by atoms with Gasteiger partial charge in [0.05, 0.1) is 35.0 Å². The van der Waals surface area contributed by atoms with Gasteiger partial charge in [-0.05, 0) is 56.1 Å². The molecule has 4 heterocycles. The number of halogens is 2.